The lowest BCUT2D eigenvalue weighted by molar-refractivity contribution is -0.145. The Balaban J connectivity index is 3.10. The first-order valence-electron chi connectivity index (χ1n) is 4.40. The van der Waals surface area contributed by atoms with Crippen molar-refractivity contribution in [3.05, 3.63) is 35.6 Å². The van der Waals surface area contributed by atoms with E-state index in [9.17, 15) is 14.0 Å². The second-order valence-electron chi connectivity index (χ2n) is 3.12. The molecule has 0 aliphatic rings. The number of benzene rings is 1. The van der Waals surface area contributed by atoms with Gasteiger partial charge in [0.25, 0.3) is 0 Å². The lowest BCUT2D eigenvalue weighted by Gasteiger charge is -2.11. The van der Waals surface area contributed by atoms with Gasteiger partial charge >= 0.3 is 5.97 Å². The van der Waals surface area contributed by atoms with Crippen molar-refractivity contribution in [1.82, 2.24) is 0 Å². The van der Waals surface area contributed by atoms with E-state index in [1.807, 2.05) is 0 Å². The highest BCUT2D eigenvalue weighted by molar-refractivity contribution is 6.03. The summed E-state index contributed by atoms with van der Waals surface area (Å²) in [6.07, 6.45) is 0. The number of carbonyl (C=O) groups excluding carboxylic acids is 2. The third-order valence-corrected chi connectivity index (χ3v) is 2.03. The smallest absolute Gasteiger partial charge is 0.320 e. The first kappa shape index (κ1) is 11.4. The number of halogens is 1. The van der Waals surface area contributed by atoms with Gasteiger partial charge in [0.05, 0.1) is 7.11 Å². The van der Waals surface area contributed by atoms with E-state index in [0.29, 0.717) is 5.56 Å². The van der Waals surface area contributed by atoms with E-state index in [0.717, 1.165) is 6.07 Å². The molecule has 1 rings (SSSR count). The summed E-state index contributed by atoms with van der Waals surface area (Å²) >= 11 is 0. The van der Waals surface area contributed by atoms with Gasteiger partial charge in [0.15, 0.2) is 0 Å². The fourth-order valence-electron chi connectivity index (χ4n) is 1.34. The Bertz CT molecular complexity index is 387. The quantitative estimate of drug-likeness (QED) is 0.563. The van der Waals surface area contributed by atoms with Gasteiger partial charge in [-0.1, -0.05) is 12.1 Å². The zero-order chi connectivity index (χ0) is 11.4. The molecule has 3 nitrogen and oxygen atoms in total. The van der Waals surface area contributed by atoms with Crippen LogP contribution in [0.25, 0.3) is 0 Å². The number of Topliss-reactive ketones (excluding diaryl/α,β-unsaturated/α-hetero) is 1. The van der Waals surface area contributed by atoms with Crippen molar-refractivity contribution in [1.29, 1.82) is 0 Å². The molecule has 1 unspecified atom stereocenters. The van der Waals surface area contributed by atoms with Crippen LogP contribution in [0.5, 0.6) is 0 Å². The summed E-state index contributed by atoms with van der Waals surface area (Å²) in [5, 5.41) is 0. The molecule has 0 radical (unpaired) electrons. The van der Waals surface area contributed by atoms with Gasteiger partial charge < -0.3 is 4.74 Å². The van der Waals surface area contributed by atoms with Crippen LogP contribution in [0.1, 0.15) is 18.4 Å². The summed E-state index contributed by atoms with van der Waals surface area (Å²) in [6, 6.07) is 5.37. The van der Waals surface area contributed by atoms with Crippen molar-refractivity contribution in [2.75, 3.05) is 7.11 Å². The van der Waals surface area contributed by atoms with Crippen LogP contribution < -0.4 is 0 Å². The summed E-state index contributed by atoms with van der Waals surface area (Å²) < 4.78 is 17.4. The normalized spacial score (nSPS) is 11.9. The molecule has 4 heteroatoms. The zero-order valence-corrected chi connectivity index (χ0v) is 8.49. The molecule has 0 aliphatic carbocycles. The molecule has 0 aliphatic heterocycles. The molecule has 0 saturated carbocycles. The monoisotopic (exact) mass is 210 g/mol. The number of ketones is 1. The van der Waals surface area contributed by atoms with Crippen LogP contribution in [0.4, 0.5) is 4.39 Å². The van der Waals surface area contributed by atoms with Gasteiger partial charge in [-0.15, -0.1) is 0 Å². The van der Waals surface area contributed by atoms with Gasteiger partial charge in [-0.25, -0.2) is 4.39 Å². The van der Waals surface area contributed by atoms with Crippen molar-refractivity contribution >= 4 is 11.8 Å². The highest BCUT2D eigenvalue weighted by Gasteiger charge is 2.26. The predicted octanol–water partition coefficient (Wildman–Crippen LogP) is 1.67. The molecule has 0 saturated heterocycles. The first-order chi connectivity index (χ1) is 7.06. The highest BCUT2D eigenvalue weighted by atomic mass is 19.1. The number of ether oxygens (including phenoxy) is 1. The lowest BCUT2D eigenvalue weighted by Crippen LogP contribution is -2.21. The maximum atomic E-state index is 12.9. The largest absolute Gasteiger partial charge is 0.468 e. The second kappa shape index (κ2) is 4.68. The molecule has 1 aromatic carbocycles. The van der Waals surface area contributed by atoms with E-state index in [2.05, 4.69) is 4.74 Å². The molecule has 0 N–H and O–H groups in total. The molecule has 0 amide bonds. The molecule has 0 aromatic heterocycles. The van der Waals surface area contributed by atoms with E-state index < -0.39 is 17.7 Å². The summed E-state index contributed by atoms with van der Waals surface area (Å²) in [6.45, 7) is 1.27. The van der Waals surface area contributed by atoms with Crippen LogP contribution in [-0.2, 0) is 14.3 Å². The molecular weight excluding hydrogens is 199 g/mol. The van der Waals surface area contributed by atoms with Crippen molar-refractivity contribution in [2.45, 2.75) is 12.8 Å². The minimum absolute atomic E-state index is 0.314. The summed E-state index contributed by atoms with van der Waals surface area (Å²) in [7, 11) is 1.19. The number of carbonyl (C=O) groups is 2. The van der Waals surface area contributed by atoms with Gasteiger partial charge in [-0.2, -0.15) is 0 Å². The summed E-state index contributed by atoms with van der Waals surface area (Å²) in [5.74, 6) is -2.56. The minimum atomic E-state index is -1.04. The molecule has 15 heavy (non-hydrogen) atoms. The SMILES string of the molecule is COC(=O)C(C(C)=O)c1cccc(F)c1. The number of esters is 1. The molecule has 0 bridgehead atoms. The van der Waals surface area contributed by atoms with Gasteiger partial charge in [-0.3, -0.25) is 9.59 Å². The van der Waals surface area contributed by atoms with Gasteiger partial charge in [0, 0.05) is 0 Å². The second-order valence-corrected chi connectivity index (χ2v) is 3.12. The highest BCUT2D eigenvalue weighted by Crippen LogP contribution is 2.19. The maximum absolute atomic E-state index is 12.9. The molecule has 1 aromatic rings. The number of methoxy groups -OCH3 is 1. The summed E-state index contributed by atoms with van der Waals surface area (Å²) in [5.41, 5.74) is 0.314. The average Bonchev–Trinajstić information content (AvgIpc) is 2.17. The van der Waals surface area contributed by atoms with Crippen LogP contribution in [0, 0.1) is 5.82 Å². The van der Waals surface area contributed by atoms with Crippen molar-refractivity contribution in [3.63, 3.8) is 0 Å². The molecule has 0 heterocycles. The van der Waals surface area contributed by atoms with Gasteiger partial charge in [-0.05, 0) is 24.6 Å². The Kier molecular flexibility index (Phi) is 3.55. The fraction of sp³-hybridized carbons (Fsp3) is 0.273. The van der Waals surface area contributed by atoms with Crippen LogP contribution >= 0.6 is 0 Å². The Morgan fingerprint density at radius 1 is 1.40 bits per heavy atom. The number of hydrogen-bond acceptors (Lipinski definition) is 3. The van der Waals surface area contributed by atoms with Crippen molar-refractivity contribution in [2.24, 2.45) is 0 Å². The first-order valence-corrected chi connectivity index (χ1v) is 4.40. The molecule has 0 fully saturated rings. The van der Waals surface area contributed by atoms with E-state index in [1.165, 1.54) is 32.2 Å². The maximum Gasteiger partial charge on any atom is 0.320 e. The number of hydrogen-bond donors (Lipinski definition) is 0. The Labute approximate surface area is 86.9 Å². The molecule has 80 valence electrons. The van der Waals surface area contributed by atoms with E-state index in [-0.39, 0.29) is 5.78 Å². The molecule has 0 spiro atoms. The Hall–Kier alpha value is -1.71. The zero-order valence-electron chi connectivity index (χ0n) is 8.49. The van der Waals surface area contributed by atoms with Gasteiger partial charge in [0.2, 0.25) is 0 Å². The third kappa shape index (κ3) is 2.62. The van der Waals surface area contributed by atoms with Crippen molar-refractivity contribution in [3.8, 4) is 0 Å². The van der Waals surface area contributed by atoms with E-state index in [1.54, 1.807) is 0 Å². The van der Waals surface area contributed by atoms with Crippen LogP contribution in [0.15, 0.2) is 24.3 Å². The number of rotatable bonds is 3. The Morgan fingerprint density at radius 2 is 2.07 bits per heavy atom. The van der Waals surface area contributed by atoms with E-state index in [4.69, 9.17) is 0 Å². The Morgan fingerprint density at radius 3 is 2.53 bits per heavy atom. The topological polar surface area (TPSA) is 43.4 Å². The fourth-order valence-corrected chi connectivity index (χ4v) is 1.34. The third-order valence-electron chi connectivity index (χ3n) is 2.03. The van der Waals surface area contributed by atoms with Crippen LogP contribution in [0.2, 0.25) is 0 Å². The van der Waals surface area contributed by atoms with Crippen molar-refractivity contribution < 1.29 is 18.7 Å². The predicted molar refractivity (Wildman–Crippen MR) is 51.8 cm³/mol. The van der Waals surface area contributed by atoms with Crippen LogP contribution in [0.3, 0.4) is 0 Å². The molecular formula is C11H11FO3. The van der Waals surface area contributed by atoms with Crippen LogP contribution in [-0.4, -0.2) is 18.9 Å². The molecule has 1 atom stereocenters. The van der Waals surface area contributed by atoms with E-state index >= 15 is 0 Å². The lowest BCUT2D eigenvalue weighted by atomic mass is 9.95. The minimum Gasteiger partial charge on any atom is -0.468 e. The van der Waals surface area contributed by atoms with Gasteiger partial charge in [0.1, 0.15) is 17.5 Å². The average molecular weight is 210 g/mol. The standard InChI is InChI=1S/C11H11FO3/c1-7(13)10(11(14)15-2)8-4-3-5-9(12)6-8/h3-6,10H,1-2H3. The summed E-state index contributed by atoms with van der Waals surface area (Å²) in [4.78, 5) is 22.5.